The van der Waals surface area contributed by atoms with Gasteiger partial charge in [-0.1, -0.05) is 41.9 Å². The second kappa shape index (κ2) is 9.14. The number of benzene rings is 1. The molecule has 1 saturated heterocycles. The zero-order valence-electron chi connectivity index (χ0n) is 15.7. The largest absolute Gasteiger partial charge is 0.337 e. The van der Waals surface area contributed by atoms with Crippen molar-refractivity contribution >= 4 is 38.4 Å². The molecule has 6 nitrogen and oxygen atoms in total. The molecule has 146 valence electrons. The number of urea groups is 1. The van der Waals surface area contributed by atoms with E-state index in [0.717, 1.165) is 42.9 Å². The van der Waals surface area contributed by atoms with Crippen molar-refractivity contribution in [1.82, 2.24) is 20.5 Å². The zero-order valence-corrected chi connectivity index (χ0v) is 18.1. The van der Waals surface area contributed by atoms with Crippen molar-refractivity contribution in [2.24, 2.45) is 0 Å². The molecular weight excluding hydrogens is 426 g/mol. The van der Waals surface area contributed by atoms with Crippen LogP contribution in [0.25, 0.3) is 0 Å². The van der Waals surface area contributed by atoms with Crippen molar-refractivity contribution in [2.45, 2.75) is 19.3 Å². The van der Waals surface area contributed by atoms with Crippen LogP contribution in [0.4, 0.5) is 9.93 Å². The third kappa shape index (κ3) is 5.51. The number of carbonyl (C=O) groups excluding carboxylic acids is 1. The van der Waals surface area contributed by atoms with Gasteiger partial charge in [0.15, 0.2) is 5.13 Å². The minimum Gasteiger partial charge on any atom is -0.337 e. The first kappa shape index (κ1) is 20.3. The Morgan fingerprint density at radius 2 is 2.00 bits per heavy atom. The van der Waals surface area contributed by atoms with Gasteiger partial charge in [0.1, 0.15) is 0 Å². The second-order valence-corrected chi connectivity index (χ2v) is 8.92. The van der Waals surface area contributed by atoms with Crippen LogP contribution in [-0.2, 0) is 5.41 Å². The fourth-order valence-electron chi connectivity index (χ4n) is 3.04. The van der Waals surface area contributed by atoms with Crippen molar-refractivity contribution in [2.75, 3.05) is 44.6 Å². The first-order chi connectivity index (χ1) is 12.9. The number of piperazine rings is 1. The molecule has 0 unspecified atom stereocenters. The molecule has 1 aromatic heterocycles. The molecule has 3 N–H and O–H groups in total. The Balaban J connectivity index is 1.52. The molecular formula is C19H26BrN5OS. The van der Waals surface area contributed by atoms with Gasteiger partial charge in [-0.2, -0.15) is 0 Å². The lowest BCUT2D eigenvalue weighted by Crippen LogP contribution is -2.46. The van der Waals surface area contributed by atoms with E-state index in [1.807, 2.05) is 17.5 Å². The van der Waals surface area contributed by atoms with Crippen LogP contribution in [0.3, 0.4) is 0 Å². The molecule has 0 radical (unpaired) electrons. The SMILES string of the molecule is CC(C)(c1ccc(Br)cc1)c1csc(NC(=O)NCCN2CCNCC2)n1. The van der Waals surface area contributed by atoms with Gasteiger partial charge in [-0.3, -0.25) is 10.2 Å². The third-order valence-corrected chi connectivity index (χ3v) is 6.14. The summed E-state index contributed by atoms with van der Waals surface area (Å²) in [6.45, 7) is 9.88. The molecule has 27 heavy (non-hydrogen) atoms. The van der Waals surface area contributed by atoms with Gasteiger partial charge in [0, 0.05) is 54.5 Å². The average molecular weight is 452 g/mol. The third-order valence-electron chi connectivity index (χ3n) is 4.85. The summed E-state index contributed by atoms with van der Waals surface area (Å²) >= 11 is 4.92. The van der Waals surface area contributed by atoms with Crippen LogP contribution in [0.5, 0.6) is 0 Å². The van der Waals surface area contributed by atoms with Gasteiger partial charge in [-0.25, -0.2) is 9.78 Å². The van der Waals surface area contributed by atoms with E-state index in [0.29, 0.717) is 11.7 Å². The summed E-state index contributed by atoms with van der Waals surface area (Å²) in [4.78, 5) is 19.1. The number of nitrogens with zero attached hydrogens (tertiary/aromatic N) is 2. The Bertz CT molecular complexity index is 756. The first-order valence-corrected chi connectivity index (χ1v) is 10.8. The van der Waals surface area contributed by atoms with Crippen molar-refractivity contribution in [3.8, 4) is 0 Å². The van der Waals surface area contributed by atoms with Crippen LogP contribution in [0.15, 0.2) is 34.1 Å². The van der Waals surface area contributed by atoms with E-state index in [1.54, 1.807) is 0 Å². The van der Waals surface area contributed by atoms with Gasteiger partial charge in [0.05, 0.1) is 5.69 Å². The molecule has 1 aromatic carbocycles. The molecule has 1 aliphatic rings. The molecule has 0 saturated carbocycles. The highest BCUT2D eigenvalue weighted by atomic mass is 79.9. The minimum atomic E-state index is -0.226. The number of rotatable bonds is 6. The highest BCUT2D eigenvalue weighted by Crippen LogP contribution is 2.33. The molecule has 0 aliphatic carbocycles. The van der Waals surface area contributed by atoms with Gasteiger partial charge in [-0.15, -0.1) is 11.3 Å². The standard InChI is InChI=1S/C19H26BrN5OS/c1-19(2,14-3-5-15(20)6-4-14)16-13-27-18(23-16)24-17(26)22-9-12-25-10-7-21-8-11-25/h3-6,13,21H,7-12H2,1-2H3,(H2,22,23,24,26). The average Bonchev–Trinajstić information content (AvgIpc) is 3.12. The van der Waals surface area contributed by atoms with Crippen LogP contribution in [0.2, 0.25) is 0 Å². The van der Waals surface area contributed by atoms with E-state index in [4.69, 9.17) is 0 Å². The lowest BCUT2D eigenvalue weighted by atomic mass is 9.82. The lowest BCUT2D eigenvalue weighted by Gasteiger charge is -2.27. The number of halogens is 1. The fraction of sp³-hybridized carbons (Fsp3) is 0.474. The number of aromatic nitrogens is 1. The van der Waals surface area contributed by atoms with Gasteiger partial charge in [-0.05, 0) is 17.7 Å². The smallest absolute Gasteiger partial charge is 0.321 e. The number of anilines is 1. The molecule has 1 fully saturated rings. The number of hydrogen-bond donors (Lipinski definition) is 3. The van der Waals surface area contributed by atoms with Crippen LogP contribution in [0.1, 0.15) is 25.1 Å². The van der Waals surface area contributed by atoms with Crippen LogP contribution < -0.4 is 16.0 Å². The van der Waals surface area contributed by atoms with Crippen molar-refractivity contribution < 1.29 is 4.79 Å². The van der Waals surface area contributed by atoms with Crippen molar-refractivity contribution in [1.29, 1.82) is 0 Å². The van der Waals surface area contributed by atoms with Crippen LogP contribution >= 0.6 is 27.3 Å². The van der Waals surface area contributed by atoms with E-state index in [-0.39, 0.29) is 11.4 Å². The Morgan fingerprint density at radius 1 is 1.30 bits per heavy atom. The van der Waals surface area contributed by atoms with Crippen molar-refractivity contribution in [3.05, 3.63) is 45.4 Å². The predicted molar refractivity (Wildman–Crippen MR) is 115 cm³/mol. The summed E-state index contributed by atoms with van der Waals surface area (Å²) in [6, 6.07) is 8.06. The van der Waals surface area contributed by atoms with E-state index < -0.39 is 0 Å². The predicted octanol–water partition coefficient (Wildman–Crippen LogP) is 3.26. The highest BCUT2D eigenvalue weighted by Gasteiger charge is 2.26. The number of hydrogen-bond acceptors (Lipinski definition) is 5. The summed E-state index contributed by atoms with van der Waals surface area (Å²) < 4.78 is 1.06. The van der Waals surface area contributed by atoms with Crippen LogP contribution in [0, 0.1) is 0 Å². The summed E-state index contributed by atoms with van der Waals surface area (Å²) in [7, 11) is 0. The Hall–Kier alpha value is -1.48. The topological polar surface area (TPSA) is 69.3 Å². The number of carbonyl (C=O) groups is 1. The zero-order chi connectivity index (χ0) is 19.3. The lowest BCUT2D eigenvalue weighted by molar-refractivity contribution is 0.233. The molecule has 8 heteroatoms. The molecule has 2 aromatic rings. The first-order valence-electron chi connectivity index (χ1n) is 9.15. The highest BCUT2D eigenvalue weighted by molar-refractivity contribution is 9.10. The number of nitrogens with one attached hydrogen (secondary N) is 3. The molecule has 3 rings (SSSR count). The minimum absolute atomic E-state index is 0.201. The second-order valence-electron chi connectivity index (χ2n) is 7.14. The van der Waals surface area contributed by atoms with E-state index in [9.17, 15) is 4.79 Å². The summed E-state index contributed by atoms with van der Waals surface area (Å²) in [5.41, 5.74) is 1.91. The molecule has 1 aliphatic heterocycles. The normalized spacial score (nSPS) is 15.5. The summed E-state index contributed by atoms with van der Waals surface area (Å²) in [5.74, 6) is 0. The van der Waals surface area contributed by atoms with Crippen molar-refractivity contribution in [3.63, 3.8) is 0 Å². The van der Waals surface area contributed by atoms with E-state index >= 15 is 0 Å². The van der Waals surface area contributed by atoms with Gasteiger partial charge < -0.3 is 10.6 Å². The summed E-state index contributed by atoms with van der Waals surface area (Å²) in [6.07, 6.45) is 0. The molecule has 0 atom stereocenters. The fourth-order valence-corrected chi connectivity index (χ4v) is 4.17. The van der Waals surface area contributed by atoms with Gasteiger partial charge in [0.2, 0.25) is 0 Å². The Labute approximate surface area is 172 Å². The molecule has 0 spiro atoms. The van der Waals surface area contributed by atoms with Gasteiger partial charge >= 0.3 is 6.03 Å². The Kier molecular flexibility index (Phi) is 6.86. The van der Waals surface area contributed by atoms with Gasteiger partial charge in [0.25, 0.3) is 0 Å². The van der Waals surface area contributed by atoms with Crippen LogP contribution in [-0.4, -0.2) is 55.2 Å². The number of thiazole rings is 1. The maximum absolute atomic E-state index is 12.1. The molecule has 0 bridgehead atoms. The quantitative estimate of drug-likeness (QED) is 0.630. The maximum Gasteiger partial charge on any atom is 0.321 e. The Morgan fingerprint density at radius 3 is 2.70 bits per heavy atom. The van der Waals surface area contributed by atoms with E-state index in [1.165, 1.54) is 16.9 Å². The maximum atomic E-state index is 12.1. The molecule has 2 amide bonds. The molecule has 2 heterocycles. The summed E-state index contributed by atoms with van der Waals surface area (Å²) in [5, 5.41) is 11.7. The monoisotopic (exact) mass is 451 g/mol. The number of amides is 2. The van der Waals surface area contributed by atoms with E-state index in [2.05, 4.69) is 67.7 Å².